The maximum atomic E-state index is 5.23. The third-order valence-corrected chi connectivity index (χ3v) is 8.68. The van der Waals surface area contributed by atoms with Gasteiger partial charge in [-0.15, -0.1) is 0 Å². The van der Waals surface area contributed by atoms with Gasteiger partial charge in [-0.1, -0.05) is 85.8 Å². The van der Waals surface area contributed by atoms with Crippen molar-refractivity contribution in [2.75, 3.05) is 0 Å². The minimum Gasteiger partial charge on any atom is -0.292 e. The van der Waals surface area contributed by atoms with Crippen LogP contribution in [0.15, 0.2) is 157 Å². The standard InChI is InChI=1S/C42H33N5/c1-3-30-16-10-11-21-36(30)43-29(2)31-26-32(41-44-37-22-12-14-24-39(37)46(41)34-17-6-4-7-18-34)28-33(27-31)42-45-38-23-13-15-25-40(38)47(42)35-19-8-5-9-20-35/h4-28H,3H2,1-2H3. The molecular weight excluding hydrogens is 574 g/mol. The number of rotatable bonds is 7. The maximum Gasteiger partial charge on any atom is 0.145 e. The quantitative estimate of drug-likeness (QED) is 0.169. The summed E-state index contributed by atoms with van der Waals surface area (Å²) in [7, 11) is 0. The summed E-state index contributed by atoms with van der Waals surface area (Å²) in [6, 6.07) is 52.6. The van der Waals surface area contributed by atoms with E-state index in [2.05, 4.69) is 150 Å². The van der Waals surface area contributed by atoms with Crippen molar-refractivity contribution in [1.82, 2.24) is 19.1 Å². The summed E-state index contributed by atoms with van der Waals surface area (Å²) in [5.41, 5.74) is 12.2. The predicted molar refractivity (Wildman–Crippen MR) is 194 cm³/mol. The first-order chi connectivity index (χ1) is 23.2. The van der Waals surface area contributed by atoms with Crippen LogP contribution in [0.2, 0.25) is 0 Å². The van der Waals surface area contributed by atoms with E-state index >= 15 is 0 Å². The van der Waals surface area contributed by atoms with Crippen molar-refractivity contribution >= 4 is 33.5 Å². The monoisotopic (exact) mass is 607 g/mol. The molecule has 0 aliphatic heterocycles. The van der Waals surface area contributed by atoms with Crippen LogP contribution in [0.5, 0.6) is 0 Å². The molecule has 2 heterocycles. The van der Waals surface area contributed by atoms with Crippen LogP contribution in [0.4, 0.5) is 5.69 Å². The Kier molecular flexibility index (Phi) is 7.27. The van der Waals surface area contributed by atoms with Crippen molar-refractivity contribution in [3.05, 3.63) is 163 Å². The molecule has 6 aromatic carbocycles. The maximum absolute atomic E-state index is 5.23. The average molecular weight is 608 g/mol. The third kappa shape index (κ3) is 5.22. The van der Waals surface area contributed by atoms with Crippen LogP contribution in [-0.2, 0) is 6.42 Å². The van der Waals surface area contributed by atoms with E-state index in [4.69, 9.17) is 15.0 Å². The molecule has 0 bridgehead atoms. The second-order valence-electron chi connectivity index (χ2n) is 11.7. The van der Waals surface area contributed by atoms with Crippen LogP contribution < -0.4 is 0 Å². The number of fused-ring (bicyclic) bond motifs is 2. The topological polar surface area (TPSA) is 48.0 Å². The Morgan fingerprint density at radius 1 is 0.553 bits per heavy atom. The zero-order valence-corrected chi connectivity index (χ0v) is 26.4. The summed E-state index contributed by atoms with van der Waals surface area (Å²) in [6.07, 6.45) is 0.917. The number of nitrogens with zero attached hydrogens (tertiary/aromatic N) is 5. The zero-order chi connectivity index (χ0) is 31.7. The van der Waals surface area contributed by atoms with Gasteiger partial charge in [0, 0.05) is 28.2 Å². The summed E-state index contributed by atoms with van der Waals surface area (Å²) in [4.78, 5) is 15.6. The molecule has 2 aromatic heterocycles. The van der Waals surface area contributed by atoms with Crippen LogP contribution in [-0.4, -0.2) is 24.8 Å². The molecule has 8 aromatic rings. The molecule has 0 atom stereocenters. The van der Waals surface area contributed by atoms with Gasteiger partial charge >= 0.3 is 0 Å². The van der Waals surface area contributed by atoms with Crippen molar-refractivity contribution in [3.63, 3.8) is 0 Å². The van der Waals surface area contributed by atoms with E-state index in [1.165, 1.54) is 5.56 Å². The van der Waals surface area contributed by atoms with Crippen molar-refractivity contribution in [2.24, 2.45) is 4.99 Å². The third-order valence-electron chi connectivity index (χ3n) is 8.68. The summed E-state index contributed by atoms with van der Waals surface area (Å²) in [5, 5.41) is 0. The van der Waals surface area contributed by atoms with Crippen LogP contribution >= 0.6 is 0 Å². The second kappa shape index (κ2) is 12.0. The molecule has 47 heavy (non-hydrogen) atoms. The fourth-order valence-electron chi connectivity index (χ4n) is 6.37. The SMILES string of the molecule is CCc1ccccc1N=C(C)c1cc(-c2nc3ccccc3n2-c2ccccc2)cc(-c2nc3ccccc3n2-c2ccccc2)c1. The molecule has 0 saturated heterocycles. The Bertz CT molecular complexity index is 2260. The normalized spacial score (nSPS) is 11.8. The van der Waals surface area contributed by atoms with Gasteiger partial charge in [0.1, 0.15) is 11.6 Å². The number of hydrogen-bond acceptors (Lipinski definition) is 3. The Morgan fingerprint density at radius 3 is 1.55 bits per heavy atom. The molecule has 226 valence electrons. The molecule has 0 unspecified atom stereocenters. The highest BCUT2D eigenvalue weighted by molar-refractivity contribution is 6.03. The molecule has 0 fully saturated rings. The van der Waals surface area contributed by atoms with Crippen LogP contribution in [0.25, 0.3) is 56.2 Å². The van der Waals surface area contributed by atoms with Crippen LogP contribution in [0.1, 0.15) is 25.0 Å². The van der Waals surface area contributed by atoms with Crippen LogP contribution in [0.3, 0.4) is 0 Å². The number of para-hydroxylation sites is 7. The van der Waals surface area contributed by atoms with E-state index in [1.54, 1.807) is 0 Å². The molecule has 0 spiro atoms. The van der Waals surface area contributed by atoms with Gasteiger partial charge in [0.15, 0.2) is 0 Å². The Balaban J connectivity index is 1.42. The molecule has 0 N–H and O–H groups in total. The molecular formula is C42H33N5. The van der Waals surface area contributed by atoms with Crippen molar-refractivity contribution in [2.45, 2.75) is 20.3 Å². The molecule has 5 heteroatoms. The van der Waals surface area contributed by atoms with Crippen molar-refractivity contribution < 1.29 is 0 Å². The number of aryl methyl sites for hydroxylation is 1. The van der Waals surface area contributed by atoms with Gasteiger partial charge in [-0.2, -0.15) is 0 Å². The fraction of sp³-hybridized carbons (Fsp3) is 0.0714. The predicted octanol–water partition coefficient (Wildman–Crippen LogP) is 10.4. The minimum atomic E-state index is 0.865. The fourth-order valence-corrected chi connectivity index (χ4v) is 6.37. The first-order valence-electron chi connectivity index (χ1n) is 16.0. The van der Waals surface area contributed by atoms with Gasteiger partial charge in [0.05, 0.1) is 27.8 Å². The number of aromatic nitrogens is 4. The minimum absolute atomic E-state index is 0.865. The lowest BCUT2D eigenvalue weighted by Crippen LogP contribution is -2.03. The van der Waals surface area contributed by atoms with Gasteiger partial charge in [-0.05, 0) is 97.3 Å². The zero-order valence-electron chi connectivity index (χ0n) is 26.4. The molecule has 0 amide bonds. The average Bonchev–Trinajstić information content (AvgIpc) is 3.72. The number of aliphatic imine (C=N–C) groups is 1. The van der Waals surface area contributed by atoms with E-state index in [0.717, 1.165) is 79.6 Å². The highest BCUT2D eigenvalue weighted by Crippen LogP contribution is 2.35. The molecule has 0 aliphatic rings. The molecule has 0 saturated carbocycles. The molecule has 0 aliphatic carbocycles. The highest BCUT2D eigenvalue weighted by atomic mass is 15.1. The van der Waals surface area contributed by atoms with E-state index in [9.17, 15) is 0 Å². The van der Waals surface area contributed by atoms with E-state index in [1.807, 2.05) is 24.3 Å². The first-order valence-corrected chi connectivity index (χ1v) is 16.0. The van der Waals surface area contributed by atoms with Gasteiger partial charge in [-0.3, -0.25) is 14.1 Å². The molecule has 5 nitrogen and oxygen atoms in total. The van der Waals surface area contributed by atoms with Gasteiger partial charge in [-0.25, -0.2) is 9.97 Å². The molecule has 8 rings (SSSR count). The number of benzene rings is 6. The number of imidazole rings is 2. The summed E-state index contributed by atoms with van der Waals surface area (Å²) < 4.78 is 4.49. The van der Waals surface area contributed by atoms with Gasteiger partial charge in [0.25, 0.3) is 0 Å². The smallest absolute Gasteiger partial charge is 0.145 e. The van der Waals surface area contributed by atoms with E-state index < -0.39 is 0 Å². The van der Waals surface area contributed by atoms with E-state index in [0.29, 0.717) is 0 Å². The Morgan fingerprint density at radius 2 is 1.02 bits per heavy atom. The highest BCUT2D eigenvalue weighted by Gasteiger charge is 2.20. The lowest BCUT2D eigenvalue weighted by Gasteiger charge is -2.15. The summed E-state index contributed by atoms with van der Waals surface area (Å²) >= 11 is 0. The second-order valence-corrected chi connectivity index (χ2v) is 11.7. The lowest BCUT2D eigenvalue weighted by molar-refractivity contribution is 1.09. The first kappa shape index (κ1) is 28.4. The molecule has 0 radical (unpaired) electrons. The summed E-state index contributed by atoms with van der Waals surface area (Å²) in [5.74, 6) is 1.73. The largest absolute Gasteiger partial charge is 0.292 e. The van der Waals surface area contributed by atoms with Crippen molar-refractivity contribution in [1.29, 1.82) is 0 Å². The Labute approximate surface area is 274 Å². The van der Waals surface area contributed by atoms with Crippen molar-refractivity contribution in [3.8, 4) is 34.2 Å². The van der Waals surface area contributed by atoms with E-state index in [-0.39, 0.29) is 0 Å². The lowest BCUT2D eigenvalue weighted by atomic mass is 10.0. The van der Waals surface area contributed by atoms with Gasteiger partial charge in [0.2, 0.25) is 0 Å². The van der Waals surface area contributed by atoms with Gasteiger partial charge < -0.3 is 0 Å². The van der Waals surface area contributed by atoms with Crippen LogP contribution in [0, 0.1) is 0 Å². The summed E-state index contributed by atoms with van der Waals surface area (Å²) in [6.45, 7) is 4.26. The Hall–Kier alpha value is -6.07. The number of hydrogen-bond donors (Lipinski definition) is 0.